The maximum Gasteiger partial charge on any atom is 0.335 e. The van der Waals surface area contributed by atoms with Crippen LogP contribution in [0.25, 0.3) is 0 Å². The first kappa shape index (κ1) is 12.7. The van der Waals surface area contributed by atoms with Gasteiger partial charge < -0.3 is 5.11 Å². The SMILES string of the molecule is CCN1c2ccc(C(=O)O)cc2N(CC)S1(=O)=O. The lowest BCUT2D eigenvalue weighted by Gasteiger charge is -2.18. The molecule has 0 radical (unpaired) electrons. The molecule has 0 aliphatic carbocycles. The number of carbonyl (C=O) groups is 1. The zero-order chi connectivity index (χ0) is 13.5. The molecule has 0 spiro atoms. The van der Waals surface area contributed by atoms with Crippen molar-refractivity contribution in [1.82, 2.24) is 0 Å². The minimum atomic E-state index is -3.56. The number of aromatic carboxylic acids is 1. The van der Waals surface area contributed by atoms with E-state index in [1.54, 1.807) is 13.8 Å². The van der Waals surface area contributed by atoms with E-state index < -0.39 is 16.2 Å². The first-order valence-electron chi connectivity index (χ1n) is 5.61. The van der Waals surface area contributed by atoms with Gasteiger partial charge in [-0.05, 0) is 32.0 Å². The van der Waals surface area contributed by atoms with Crippen molar-refractivity contribution in [3.8, 4) is 0 Å². The Bertz CT molecular complexity index is 597. The van der Waals surface area contributed by atoms with Crippen molar-refractivity contribution in [2.75, 3.05) is 21.7 Å². The molecule has 1 aromatic carbocycles. The second-order valence-electron chi connectivity index (χ2n) is 3.85. The summed E-state index contributed by atoms with van der Waals surface area (Å²) in [6.07, 6.45) is 0. The van der Waals surface area contributed by atoms with Gasteiger partial charge >= 0.3 is 16.2 Å². The van der Waals surface area contributed by atoms with Gasteiger partial charge in [-0.1, -0.05) is 0 Å². The summed E-state index contributed by atoms with van der Waals surface area (Å²) in [4.78, 5) is 10.9. The van der Waals surface area contributed by atoms with E-state index in [1.807, 2.05) is 0 Å². The van der Waals surface area contributed by atoms with Crippen LogP contribution in [0.1, 0.15) is 24.2 Å². The highest BCUT2D eigenvalue weighted by atomic mass is 32.2. The van der Waals surface area contributed by atoms with E-state index in [0.29, 0.717) is 17.9 Å². The zero-order valence-electron chi connectivity index (χ0n) is 10.1. The number of hydrogen-bond acceptors (Lipinski definition) is 3. The Morgan fingerprint density at radius 3 is 2.22 bits per heavy atom. The number of fused-ring (bicyclic) bond motifs is 1. The van der Waals surface area contributed by atoms with Gasteiger partial charge in [-0.2, -0.15) is 8.42 Å². The number of carboxylic acids is 1. The average Bonchev–Trinajstić information content (AvgIpc) is 2.53. The number of carboxylic acid groups (broad SMARTS) is 1. The number of anilines is 2. The molecule has 0 atom stereocenters. The normalized spacial score (nSPS) is 16.8. The lowest BCUT2D eigenvalue weighted by atomic mass is 10.1. The zero-order valence-corrected chi connectivity index (χ0v) is 10.9. The summed E-state index contributed by atoms with van der Waals surface area (Å²) >= 11 is 0. The van der Waals surface area contributed by atoms with Crippen LogP contribution < -0.4 is 8.61 Å². The second kappa shape index (κ2) is 4.16. The van der Waals surface area contributed by atoms with Gasteiger partial charge in [0.1, 0.15) is 0 Å². The van der Waals surface area contributed by atoms with E-state index in [2.05, 4.69) is 0 Å². The molecule has 18 heavy (non-hydrogen) atoms. The molecule has 1 aliphatic heterocycles. The summed E-state index contributed by atoms with van der Waals surface area (Å²) in [6.45, 7) is 4.05. The molecule has 1 heterocycles. The Balaban J connectivity index is 2.65. The number of benzene rings is 1. The molecule has 2 rings (SSSR count). The lowest BCUT2D eigenvalue weighted by Crippen LogP contribution is -2.37. The molecule has 0 unspecified atom stereocenters. The summed E-state index contributed by atoms with van der Waals surface area (Å²) in [6, 6.07) is 4.35. The van der Waals surface area contributed by atoms with Crippen molar-refractivity contribution < 1.29 is 18.3 Å². The third kappa shape index (κ3) is 1.62. The number of rotatable bonds is 3. The van der Waals surface area contributed by atoms with E-state index in [0.717, 1.165) is 0 Å². The fraction of sp³-hybridized carbons (Fsp3) is 0.364. The molecular formula is C11H14N2O4S. The Hall–Kier alpha value is -1.76. The van der Waals surface area contributed by atoms with Gasteiger partial charge in [-0.15, -0.1) is 0 Å². The lowest BCUT2D eigenvalue weighted by molar-refractivity contribution is 0.0697. The van der Waals surface area contributed by atoms with Crippen molar-refractivity contribution in [1.29, 1.82) is 0 Å². The Labute approximate surface area is 106 Å². The van der Waals surface area contributed by atoms with E-state index in [9.17, 15) is 13.2 Å². The minimum absolute atomic E-state index is 0.0837. The fourth-order valence-electron chi connectivity index (χ4n) is 2.10. The smallest absolute Gasteiger partial charge is 0.335 e. The largest absolute Gasteiger partial charge is 0.478 e. The molecule has 0 saturated heterocycles. The van der Waals surface area contributed by atoms with Gasteiger partial charge in [0, 0.05) is 13.1 Å². The second-order valence-corrected chi connectivity index (χ2v) is 5.62. The predicted octanol–water partition coefficient (Wildman–Crippen LogP) is 1.30. The molecule has 0 aromatic heterocycles. The highest BCUT2D eigenvalue weighted by Gasteiger charge is 2.38. The monoisotopic (exact) mass is 270 g/mol. The molecule has 0 bridgehead atoms. The number of nitrogens with zero attached hydrogens (tertiary/aromatic N) is 2. The Morgan fingerprint density at radius 1 is 1.17 bits per heavy atom. The summed E-state index contributed by atoms with van der Waals surface area (Å²) in [7, 11) is -3.56. The van der Waals surface area contributed by atoms with E-state index in [4.69, 9.17) is 5.11 Å². The minimum Gasteiger partial charge on any atom is -0.478 e. The summed E-state index contributed by atoms with van der Waals surface area (Å²) in [5.41, 5.74) is 1.05. The molecule has 0 fully saturated rings. The van der Waals surface area contributed by atoms with Crippen molar-refractivity contribution >= 4 is 27.6 Å². The van der Waals surface area contributed by atoms with Crippen molar-refractivity contribution in [3.63, 3.8) is 0 Å². The van der Waals surface area contributed by atoms with Gasteiger partial charge in [0.2, 0.25) is 0 Å². The van der Waals surface area contributed by atoms with E-state index >= 15 is 0 Å². The summed E-state index contributed by atoms with van der Waals surface area (Å²) in [5.74, 6) is -1.07. The average molecular weight is 270 g/mol. The molecule has 6 nitrogen and oxygen atoms in total. The van der Waals surface area contributed by atoms with Crippen LogP contribution in [0, 0.1) is 0 Å². The van der Waals surface area contributed by atoms with Gasteiger partial charge in [0.05, 0.1) is 16.9 Å². The fourth-order valence-corrected chi connectivity index (χ4v) is 3.79. The van der Waals surface area contributed by atoms with Gasteiger partial charge in [-0.25, -0.2) is 4.79 Å². The summed E-state index contributed by atoms with van der Waals surface area (Å²) < 4.78 is 26.9. The summed E-state index contributed by atoms with van der Waals surface area (Å²) in [5, 5.41) is 8.95. The molecule has 1 N–H and O–H groups in total. The topological polar surface area (TPSA) is 77.9 Å². The van der Waals surface area contributed by atoms with Crippen molar-refractivity contribution in [3.05, 3.63) is 23.8 Å². The molecule has 7 heteroatoms. The highest BCUT2D eigenvalue weighted by molar-refractivity contribution is 7.94. The van der Waals surface area contributed by atoms with Crippen LogP contribution in [0.15, 0.2) is 18.2 Å². The van der Waals surface area contributed by atoms with Crippen molar-refractivity contribution in [2.24, 2.45) is 0 Å². The predicted molar refractivity (Wildman–Crippen MR) is 68.4 cm³/mol. The van der Waals surface area contributed by atoms with Gasteiger partial charge in [0.25, 0.3) is 0 Å². The third-order valence-electron chi connectivity index (χ3n) is 2.89. The Kier molecular flexibility index (Phi) is 2.94. The molecule has 1 aliphatic rings. The first-order valence-corrected chi connectivity index (χ1v) is 7.01. The van der Waals surface area contributed by atoms with Crippen LogP contribution in [0.3, 0.4) is 0 Å². The molecule has 98 valence electrons. The van der Waals surface area contributed by atoms with Crippen LogP contribution in [0.4, 0.5) is 11.4 Å². The maximum absolute atomic E-state index is 12.2. The first-order chi connectivity index (χ1) is 8.43. The molecule has 0 amide bonds. The molecule has 1 aromatic rings. The quantitative estimate of drug-likeness (QED) is 0.898. The van der Waals surface area contributed by atoms with Crippen LogP contribution in [-0.2, 0) is 10.2 Å². The molecule has 0 saturated carbocycles. The van der Waals surface area contributed by atoms with Gasteiger partial charge in [0.15, 0.2) is 0 Å². The standard InChI is InChI=1S/C11H14N2O4S/c1-3-12-9-6-5-8(11(14)15)7-10(9)13(4-2)18(12,16)17/h5-7H,3-4H2,1-2H3,(H,14,15). The van der Waals surface area contributed by atoms with E-state index in [1.165, 1.54) is 26.8 Å². The van der Waals surface area contributed by atoms with Crippen LogP contribution in [0.2, 0.25) is 0 Å². The number of hydrogen-bond donors (Lipinski definition) is 1. The van der Waals surface area contributed by atoms with Crippen LogP contribution in [-0.4, -0.2) is 32.6 Å². The van der Waals surface area contributed by atoms with Crippen LogP contribution in [0.5, 0.6) is 0 Å². The maximum atomic E-state index is 12.2. The third-order valence-corrected chi connectivity index (χ3v) is 4.91. The van der Waals surface area contributed by atoms with Crippen LogP contribution >= 0.6 is 0 Å². The molecular weight excluding hydrogens is 256 g/mol. The van der Waals surface area contributed by atoms with E-state index in [-0.39, 0.29) is 12.1 Å². The van der Waals surface area contributed by atoms with Gasteiger partial charge in [-0.3, -0.25) is 8.61 Å². The Morgan fingerprint density at radius 2 is 1.72 bits per heavy atom. The van der Waals surface area contributed by atoms with Crippen molar-refractivity contribution in [2.45, 2.75) is 13.8 Å². The highest BCUT2D eigenvalue weighted by Crippen LogP contribution is 2.40.